The minimum absolute atomic E-state index is 0.182. The number of amides is 1. The number of carbonyl (C=O) groups is 1. The first-order chi connectivity index (χ1) is 14.6. The number of hydrogen-bond donors (Lipinski definition) is 1. The van der Waals surface area contributed by atoms with Gasteiger partial charge < -0.3 is 14.8 Å². The maximum absolute atomic E-state index is 13.6. The zero-order valence-corrected chi connectivity index (χ0v) is 17.7. The van der Waals surface area contributed by atoms with Crippen molar-refractivity contribution < 1.29 is 4.79 Å². The van der Waals surface area contributed by atoms with Gasteiger partial charge in [-0.3, -0.25) is 9.69 Å². The molecule has 0 saturated carbocycles. The number of para-hydroxylation sites is 1. The number of benzene rings is 2. The number of hydrogen-bond acceptors (Lipinski definition) is 4. The number of nitrogens with one attached hydrogen (secondary N) is 1. The van der Waals surface area contributed by atoms with E-state index in [4.69, 9.17) is 0 Å². The van der Waals surface area contributed by atoms with Gasteiger partial charge in [-0.15, -0.1) is 0 Å². The number of likely N-dealkylation sites (N-methyl/N-ethyl adjacent to an activating group) is 1. The van der Waals surface area contributed by atoms with Gasteiger partial charge in [0.15, 0.2) is 0 Å². The molecule has 1 aromatic heterocycles. The van der Waals surface area contributed by atoms with E-state index in [1.807, 2.05) is 48.3 Å². The molecule has 0 radical (unpaired) electrons. The smallest absolute Gasteiger partial charge is 0.240 e. The van der Waals surface area contributed by atoms with E-state index in [0.717, 1.165) is 18.8 Å². The Kier molecular flexibility index (Phi) is 6.14. The number of aromatic nitrogens is 2. The predicted octanol–water partition coefficient (Wildman–Crippen LogP) is 2.93. The molecule has 4 rings (SSSR count). The van der Waals surface area contributed by atoms with Crippen LogP contribution in [0.25, 0.3) is 0 Å². The molecule has 30 heavy (non-hydrogen) atoms. The number of rotatable bonds is 6. The molecule has 1 aliphatic rings. The largest absolute Gasteiger partial charge is 0.364 e. The monoisotopic (exact) mass is 403 g/mol. The van der Waals surface area contributed by atoms with Crippen molar-refractivity contribution >= 4 is 11.6 Å². The number of anilines is 1. The van der Waals surface area contributed by atoms with Crippen molar-refractivity contribution in [3.8, 4) is 0 Å². The number of nitrogens with zero attached hydrogens (tertiary/aromatic N) is 4. The van der Waals surface area contributed by atoms with Crippen molar-refractivity contribution in [2.24, 2.45) is 0 Å². The van der Waals surface area contributed by atoms with Crippen LogP contribution in [0.3, 0.4) is 0 Å². The summed E-state index contributed by atoms with van der Waals surface area (Å²) < 4.78 is 0. The molecule has 2 aromatic carbocycles. The zero-order chi connectivity index (χ0) is 20.9. The molecule has 0 aliphatic carbocycles. The van der Waals surface area contributed by atoms with Gasteiger partial charge in [-0.25, -0.2) is 4.98 Å². The van der Waals surface area contributed by atoms with Gasteiger partial charge in [-0.1, -0.05) is 48.5 Å². The average molecular weight is 404 g/mol. The van der Waals surface area contributed by atoms with Crippen molar-refractivity contribution in [1.82, 2.24) is 19.8 Å². The summed E-state index contributed by atoms with van der Waals surface area (Å²) in [6.07, 6.45) is 4.28. The quantitative estimate of drug-likeness (QED) is 0.688. The minimum Gasteiger partial charge on any atom is -0.364 e. The number of aromatic amines is 1. The Balaban J connectivity index is 1.55. The summed E-state index contributed by atoms with van der Waals surface area (Å²) in [5.74, 6) is 0.182. The van der Waals surface area contributed by atoms with Crippen LogP contribution in [0.2, 0.25) is 0 Å². The highest BCUT2D eigenvalue weighted by atomic mass is 16.2. The van der Waals surface area contributed by atoms with Crippen molar-refractivity contribution in [2.75, 3.05) is 32.1 Å². The number of carbonyl (C=O) groups excluding carboxylic acids is 1. The predicted molar refractivity (Wildman–Crippen MR) is 119 cm³/mol. The third-order valence-electron chi connectivity index (χ3n) is 5.74. The Morgan fingerprint density at radius 1 is 1.10 bits per heavy atom. The van der Waals surface area contributed by atoms with Gasteiger partial charge >= 0.3 is 0 Å². The number of H-pyrrole nitrogens is 1. The Hall–Kier alpha value is -3.12. The maximum Gasteiger partial charge on any atom is 0.240 e. The first-order valence-corrected chi connectivity index (χ1v) is 10.4. The highest BCUT2D eigenvalue weighted by molar-refractivity contribution is 5.82. The van der Waals surface area contributed by atoms with Gasteiger partial charge in [-0.2, -0.15) is 0 Å². The first kappa shape index (κ1) is 20.2. The normalized spacial score (nSPS) is 15.0. The zero-order valence-electron chi connectivity index (χ0n) is 17.7. The van der Waals surface area contributed by atoms with Gasteiger partial charge in [-0.05, 0) is 37.7 Å². The van der Waals surface area contributed by atoms with E-state index >= 15 is 0 Å². The van der Waals surface area contributed by atoms with Gasteiger partial charge in [0.1, 0.15) is 0 Å². The summed E-state index contributed by atoms with van der Waals surface area (Å²) in [4.78, 5) is 27.3. The molecule has 6 heteroatoms. The highest BCUT2D eigenvalue weighted by Crippen LogP contribution is 2.27. The molecule has 0 fully saturated rings. The van der Waals surface area contributed by atoms with Gasteiger partial charge in [0.05, 0.1) is 24.6 Å². The van der Waals surface area contributed by atoms with E-state index in [1.165, 1.54) is 16.8 Å². The van der Waals surface area contributed by atoms with Crippen LogP contribution in [0, 0.1) is 0 Å². The molecule has 6 nitrogen and oxygen atoms in total. The van der Waals surface area contributed by atoms with Crippen LogP contribution >= 0.6 is 0 Å². The summed E-state index contributed by atoms with van der Waals surface area (Å²) >= 11 is 0. The van der Waals surface area contributed by atoms with Crippen LogP contribution in [0.15, 0.2) is 67.1 Å². The van der Waals surface area contributed by atoms with Crippen LogP contribution in [0.4, 0.5) is 5.69 Å². The fraction of sp³-hybridized carbons (Fsp3) is 0.333. The van der Waals surface area contributed by atoms with E-state index in [9.17, 15) is 4.79 Å². The summed E-state index contributed by atoms with van der Waals surface area (Å²) in [6, 6.07) is 18.5. The molecule has 1 aliphatic heterocycles. The van der Waals surface area contributed by atoms with Crippen molar-refractivity contribution in [1.29, 1.82) is 0 Å². The molecule has 0 spiro atoms. The first-order valence-electron chi connectivity index (χ1n) is 10.4. The molecular formula is C24H29N5O. The fourth-order valence-corrected chi connectivity index (χ4v) is 4.07. The van der Waals surface area contributed by atoms with Gasteiger partial charge in [0, 0.05) is 31.5 Å². The molecule has 1 atom stereocenters. The van der Waals surface area contributed by atoms with E-state index < -0.39 is 0 Å². The Bertz CT molecular complexity index is 955. The Morgan fingerprint density at radius 2 is 1.87 bits per heavy atom. The van der Waals surface area contributed by atoms with Crippen LogP contribution in [0.1, 0.15) is 16.8 Å². The molecule has 1 amide bonds. The summed E-state index contributed by atoms with van der Waals surface area (Å²) in [7, 11) is 3.98. The van der Waals surface area contributed by atoms with Crippen LogP contribution in [-0.4, -0.2) is 58.9 Å². The van der Waals surface area contributed by atoms with Crippen molar-refractivity contribution in [3.63, 3.8) is 0 Å². The van der Waals surface area contributed by atoms with Crippen LogP contribution < -0.4 is 4.90 Å². The molecular weight excluding hydrogens is 374 g/mol. The number of imidazole rings is 1. The maximum atomic E-state index is 13.6. The summed E-state index contributed by atoms with van der Waals surface area (Å²) in [5.41, 5.74) is 4.62. The lowest BCUT2D eigenvalue weighted by Gasteiger charge is -2.30. The van der Waals surface area contributed by atoms with Gasteiger partial charge in [0.25, 0.3) is 0 Å². The Morgan fingerprint density at radius 3 is 2.60 bits per heavy atom. The Labute approximate surface area is 178 Å². The van der Waals surface area contributed by atoms with E-state index in [-0.39, 0.29) is 11.9 Å². The summed E-state index contributed by atoms with van der Waals surface area (Å²) in [6.45, 7) is 2.86. The highest BCUT2D eigenvalue weighted by Gasteiger charge is 2.29. The van der Waals surface area contributed by atoms with E-state index in [2.05, 4.69) is 51.3 Å². The third kappa shape index (κ3) is 4.54. The van der Waals surface area contributed by atoms with E-state index in [0.29, 0.717) is 19.5 Å². The topological polar surface area (TPSA) is 55.5 Å². The lowest BCUT2D eigenvalue weighted by atomic mass is 10.0. The van der Waals surface area contributed by atoms with Crippen molar-refractivity contribution in [2.45, 2.75) is 25.6 Å². The number of fused-ring (bicyclic) bond motifs is 1. The lowest BCUT2D eigenvalue weighted by molar-refractivity contribution is -0.136. The molecule has 156 valence electrons. The van der Waals surface area contributed by atoms with Crippen LogP contribution in [-0.2, 0) is 24.3 Å². The fourth-order valence-electron chi connectivity index (χ4n) is 4.07. The van der Waals surface area contributed by atoms with Crippen LogP contribution in [0.5, 0.6) is 0 Å². The SMILES string of the molecule is CN(C)[C@@H](Cc1ccccc1)C(=O)N1CCN(Cc2cnc[nH]2)c2ccccc2C1. The lowest BCUT2D eigenvalue weighted by Crippen LogP contribution is -2.48. The molecule has 0 bridgehead atoms. The molecule has 3 aromatic rings. The molecule has 2 heterocycles. The second kappa shape index (κ2) is 9.13. The minimum atomic E-state index is -0.182. The standard InChI is InChI=1S/C24H29N5O/c1-27(2)23(14-19-8-4-3-5-9-19)24(30)29-13-12-28(17-21-15-25-18-26-21)22-11-7-6-10-20(22)16-29/h3-11,15,18,23H,12-14,16-17H2,1-2H3,(H,25,26)/t23-/m0/s1. The molecule has 0 saturated heterocycles. The summed E-state index contributed by atoms with van der Waals surface area (Å²) in [5, 5.41) is 0. The second-order valence-corrected chi connectivity index (χ2v) is 8.06. The average Bonchev–Trinajstić information content (AvgIpc) is 3.20. The van der Waals surface area contributed by atoms with Gasteiger partial charge in [0.2, 0.25) is 5.91 Å². The second-order valence-electron chi connectivity index (χ2n) is 8.06. The molecule has 1 N–H and O–H groups in total. The van der Waals surface area contributed by atoms with E-state index in [1.54, 1.807) is 6.33 Å². The third-order valence-corrected chi connectivity index (χ3v) is 5.74. The van der Waals surface area contributed by atoms with Crippen molar-refractivity contribution in [3.05, 3.63) is 83.9 Å². The molecule has 0 unspecified atom stereocenters.